The molecule has 0 saturated carbocycles. The number of piperidine rings is 1. The van der Waals surface area contributed by atoms with Gasteiger partial charge in [0.05, 0.1) is 6.67 Å². The minimum Gasteiger partial charge on any atom is -0.350 e. The number of benzene rings is 2. The Labute approximate surface area is 225 Å². The minimum atomic E-state index is -0.777. The number of unbranched alkanes of at least 4 members (excludes halogenated alkanes) is 1. The molecule has 2 heterocycles. The number of amides is 3. The van der Waals surface area contributed by atoms with E-state index in [0.29, 0.717) is 32.6 Å². The predicted molar refractivity (Wildman–Crippen MR) is 146 cm³/mol. The van der Waals surface area contributed by atoms with Crippen molar-refractivity contribution in [1.29, 1.82) is 0 Å². The number of nitrogens with one attached hydrogen (secondary N) is 1. The summed E-state index contributed by atoms with van der Waals surface area (Å²) in [5.74, 6) is -0.419. The van der Waals surface area contributed by atoms with E-state index in [9.17, 15) is 18.8 Å². The van der Waals surface area contributed by atoms with Gasteiger partial charge in [-0.2, -0.15) is 0 Å². The molecule has 7 nitrogen and oxygen atoms in total. The number of nitrogens with zero attached hydrogens (tertiary/aromatic N) is 3. The Kier molecular flexibility index (Phi) is 9.02. The molecule has 2 fully saturated rings. The number of para-hydroxylation sites is 1. The van der Waals surface area contributed by atoms with Gasteiger partial charge in [0.2, 0.25) is 11.8 Å². The van der Waals surface area contributed by atoms with Crippen LogP contribution in [0, 0.1) is 11.7 Å². The third kappa shape index (κ3) is 6.00. The Morgan fingerprint density at radius 1 is 1.03 bits per heavy atom. The van der Waals surface area contributed by atoms with Crippen LogP contribution in [0.2, 0.25) is 0 Å². The van der Waals surface area contributed by atoms with Gasteiger partial charge in [0, 0.05) is 31.2 Å². The predicted octanol–water partition coefficient (Wildman–Crippen LogP) is 4.33. The third-order valence-corrected chi connectivity index (χ3v) is 7.97. The topological polar surface area (TPSA) is 73.0 Å². The van der Waals surface area contributed by atoms with E-state index >= 15 is 0 Å². The lowest BCUT2D eigenvalue weighted by Crippen LogP contribution is -2.58. The summed E-state index contributed by atoms with van der Waals surface area (Å²) in [4.78, 5) is 45.6. The average molecular weight is 523 g/mol. The maximum absolute atomic E-state index is 13.9. The number of hydrogen-bond donors (Lipinski definition) is 1. The average Bonchev–Trinajstić information content (AvgIpc) is 3.20. The molecule has 1 N–H and O–H groups in total. The molecule has 1 unspecified atom stereocenters. The zero-order chi connectivity index (χ0) is 27.1. The highest BCUT2D eigenvalue weighted by Crippen LogP contribution is 2.39. The van der Waals surface area contributed by atoms with Crippen LogP contribution in [0.1, 0.15) is 57.9 Å². The number of carbonyl (C=O) groups excluding carboxylic acids is 3. The SMILES string of the molecule is CCCCC(CC)C(=O)N1CCC2(CC1)C(=O)N(CC(=O)NCc1ccc(F)cc1)CN2c1ccccc1. The molecule has 1 atom stereocenters. The largest absolute Gasteiger partial charge is 0.350 e. The van der Waals surface area contributed by atoms with E-state index in [0.717, 1.165) is 36.9 Å². The fraction of sp³-hybridized carbons (Fsp3) is 0.500. The van der Waals surface area contributed by atoms with Crippen LogP contribution >= 0.6 is 0 Å². The van der Waals surface area contributed by atoms with Crippen molar-refractivity contribution < 1.29 is 18.8 Å². The van der Waals surface area contributed by atoms with Crippen LogP contribution < -0.4 is 10.2 Å². The Bertz CT molecular complexity index is 1100. The van der Waals surface area contributed by atoms with Crippen LogP contribution in [-0.4, -0.2) is 59.4 Å². The van der Waals surface area contributed by atoms with Crippen molar-refractivity contribution >= 4 is 23.4 Å². The summed E-state index contributed by atoms with van der Waals surface area (Å²) in [7, 11) is 0. The highest BCUT2D eigenvalue weighted by Gasteiger charge is 2.54. The molecule has 0 bridgehead atoms. The van der Waals surface area contributed by atoms with Crippen molar-refractivity contribution in [2.24, 2.45) is 5.92 Å². The quantitative estimate of drug-likeness (QED) is 0.504. The van der Waals surface area contributed by atoms with Gasteiger partial charge in [-0.1, -0.05) is 57.0 Å². The molecule has 1 spiro atoms. The number of likely N-dealkylation sites (tertiary alicyclic amines) is 1. The monoisotopic (exact) mass is 522 g/mol. The molecule has 2 saturated heterocycles. The number of halogens is 1. The Morgan fingerprint density at radius 3 is 2.34 bits per heavy atom. The first kappa shape index (κ1) is 27.6. The summed E-state index contributed by atoms with van der Waals surface area (Å²) in [5, 5.41) is 2.84. The second kappa shape index (κ2) is 12.4. The molecule has 204 valence electrons. The van der Waals surface area contributed by atoms with Crippen LogP contribution in [0.3, 0.4) is 0 Å². The van der Waals surface area contributed by atoms with Gasteiger partial charge in [-0.3, -0.25) is 14.4 Å². The van der Waals surface area contributed by atoms with Gasteiger partial charge >= 0.3 is 0 Å². The number of anilines is 1. The lowest BCUT2D eigenvalue weighted by atomic mass is 9.84. The normalized spacial score (nSPS) is 17.7. The second-order valence-corrected chi connectivity index (χ2v) is 10.4. The minimum absolute atomic E-state index is 0.0369. The molecule has 2 aliphatic heterocycles. The van der Waals surface area contributed by atoms with Crippen LogP contribution in [-0.2, 0) is 20.9 Å². The van der Waals surface area contributed by atoms with Gasteiger partial charge in [0.25, 0.3) is 5.91 Å². The van der Waals surface area contributed by atoms with Crippen LogP contribution in [0.4, 0.5) is 10.1 Å². The Hall–Kier alpha value is -3.42. The third-order valence-electron chi connectivity index (χ3n) is 7.97. The number of carbonyl (C=O) groups is 3. The first-order valence-corrected chi connectivity index (χ1v) is 13.8. The van der Waals surface area contributed by atoms with Crippen molar-refractivity contribution in [3.8, 4) is 0 Å². The van der Waals surface area contributed by atoms with E-state index in [1.54, 1.807) is 17.0 Å². The van der Waals surface area contributed by atoms with Crippen LogP contribution in [0.25, 0.3) is 0 Å². The summed E-state index contributed by atoms with van der Waals surface area (Å²) in [6.07, 6.45) is 4.91. The van der Waals surface area contributed by atoms with Crippen molar-refractivity contribution in [3.63, 3.8) is 0 Å². The summed E-state index contributed by atoms with van der Waals surface area (Å²) in [5.41, 5.74) is 0.945. The molecule has 3 amide bonds. The first-order chi connectivity index (χ1) is 18.4. The smallest absolute Gasteiger partial charge is 0.250 e. The molecule has 0 aromatic heterocycles. The van der Waals surface area contributed by atoms with E-state index in [-0.39, 0.29) is 42.5 Å². The maximum atomic E-state index is 13.9. The standard InChI is InChI=1S/C30H39FN4O3/c1-3-5-9-24(4-2)28(37)33-18-16-30(17-19-33)29(38)34(22-35(30)26-10-7-6-8-11-26)21-27(36)32-20-23-12-14-25(31)15-13-23/h6-8,10-15,24H,3-5,9,16-22H2,1-2H3,(H,32,36). The highest BCUT2D eigenvalue weighted by molar-refractivity contribution is 5.96. The molecule has 0 radical (unpaired) electrons. The molecule has 8 heteroatoms. The number of rotatable bonds is 10. The van der Waals surface area contributed by atoms with Crippen molar-refractivity contribution in [2.75, 3.05) is 31.2 Å². The lowest BCUT2D eigenvalue weighted by Gasteiger charge is -2.44. The molecule has 2 aliphatic rings. The van der Waals surface area contributed by atoms with Gasteiger partial charge in [-0.05, 0) is 55.5 Å². The summed E-state index contributed by atoms with van der Waals surface area (Å²) in [6, 6.07) is 15.8. The molecule has 0 aliphatic carbocycles. The van der Waals surface area contributed by atoms with Crippen molar-refractivity contribution in [3.05, 3.63) is 66.0 Å². The van der Waals surface area contributed by atoms with Crippen molar-refractivity contribution in [1.82, 2.24) is 15.1 Å². The van der Waals surface area contributed by atoms with E-state index < -0.39 is 5.54 Å². The van der Waals surface area contributed by atoms with E-state index in [2.05, 4.69) is 24.1 Å². The van der Waals surface area contributed by atoms with E-state index in [4.69, 9.17) is 0 Å². The van der Waals surface area contributed by atoms with Gasteiger partial charge in [-0.15, -0.1) is 0 Å². The molecular weight excluding hydrogens is 483 g/mol. The molecular formula is C30H39FN4O3. The second-order valence-electron chi connectivity index (χ2n) is 10.4. The highest BCUT2D eigenvalue weighted by atomic mass is 19.1. The fourth-order valence-corrected chi connectivity index (χ4v) is 5.66. The molecule has 2 aromatic carbocycles. The Morgan fingerprint density at radius 2 is 1.71 bits per heavy atom. The summed E-state index contributed by atoms with van der Waals surface area (Å²) in [6.45, 7) is 5.79. The Balaban J connectivity index is 1.45. The van der Waals surface area contributed by atoms with Crippen LogP contribution in [0.15, 0.2) is 54.6 Å². The van der Waals surface area contributed by atoms with Gasteiger partial charge < -0.3 is 20.0 Å². The molecule has 4 rings (SSSR count). The fourth-order valence-electron chi connectivity index (χ4n) is 5.66. The maximum Gasteiger partial charge on any atom is 0.250 e. The van der Waals surface area contributed by atoms with E-state index in [1.807, 2.05) is 35.2 Å². The van der Waals surface area contributed by atoms with E-state index in [1.165, 1.54) is 12.1 Å². The van der Waals surface area contributed by atoms with Crippen molar-refractivity contribution in [2.45, 2.75) is 64.5 Å². The number of hydrogen-bond acceptors (Lipinski definition) is 4. The zero-order valence-corrected chi connectivity index (χ0v) is 22.5. The van der Waals surface area contributed by atoms with Gasteiger partial charge in [0.15, 0.2) is 0 Å². The molecule has 38 heavy (non-hydrogen) atoms. The summed E-state index contributed by atoms with van der Waals surface area (Å²) >= 11 is 0. The molecule has 2 aromatic rings. The summed E-state index contributed by atoms with van der Waals surface area (Å²) < 4.78 is 13.2. The van der Waals surface area contributed by atoms with Gasteiger partial charge in [-0.25, -0.2) is 4.39 Å². The lowest BCUT2D eigenvalue weighted by molar-refractivity contribution is -0.142. The zero-order valence-electron chi connectivity index (χ0n) is 22.5. The first-order valence-electron chi connectivity index (χ1n) is 13.8. The van der Waals surface area contributed by atoms with Gasteiger partial charge in [0.1, 0.15) is 17.9 Å². The van der Waals surface area contributed by atoms with Crippen LogP contribution in [0.5, 0.6) is 0 Å².